The van der Waals surface area contributed by atoms with Gasteiger partial charge in [0.2, 0.25) is 0 Å². The topological polar surface area (TPSA) is 26.3 Å². The summed E-state index contributed by atoms with van der Waals surface area (Å²) >= 11 is 0. The Hall–Kier alpha value is -7.16. The highest BCUT2D eigenvalue weighted by atomic mass is 16.3. The summed E-state index contributed by atoms with van der Waals surface area (Å²) in [5.74, 6) is 0.862. The number of rotatable bonds is 5. The highest BCUT2D eigenvalue weighted by Crippen LogP contribution is 2.49. The van der Waals surface area contributed by atoms with Crippen molar-refractivity contribution in [3.05, 3.63) is 194 Å². The van der Waals surface area contributed by atoms with E-state index in [-0.39, 0.29) is 0 Å². The van der Waals surface area contributed by atoms with Crippen LogP contribution >= 0.6 is 0 Å². The van der Waals surface area contributed by atoms with Crippen molar-refractivity contribution in [3.63, 3.8) is 0 Å². The lowest BCUT2D eigenvalue weighted by molar-refractivity contribution is 0.631. The summed E-state index contributed by atoms with van der Waals surface area (Å²) < 4.78 is 13.1. The van der Waals surface area contributed by atoms with E-state index in [1.165, 1.54) is 49.4 Å². The molecule has 2 aromatic heterocycles. The summed E-state index contributed by atoms with van der Waals surface area (Å²) in [6, 6.07) is 69.1. The molecule has 0 aliphatic rings. The van der Waals surface area contributed by atoms with Gasteiger partial charge in [-0.2, -0.15) is 0 Å². The van der Waals surface area contributed by atoms with E-state index < -0.39 is 0 Å². The Balaban J connectivity index is 1.16. The van der Waals surface area contributed by atoms with Crippen LogP contribution in [0.4, 0.5) is 0 Å². The molecular formula is C52H32O2. The van der Waals surface area contributed by atoms with Crippen LogP contribution in [0.25, 0.3) is 110 Å². The molecule has 0 aliphatic carbocycles. The van der Waals surface area contributed by atoms with Gasteiger partial charge in [-0.15, -0.1) is 0 Å². The molecule has 0 saturated heterocycles. The van der Waals surface area contributed by atoms with Crippen molar-refractivity contribution in [1.29, 1.82) is 0 Å². The maximum Gasteiger partial charge on any atom is 0.143 e. The standard InChI is InChI=1S/C52H32O2/c1-3-14-33(15-4-1)35-18-13-19-37(30-35)49-40-20-7-9-22-42(40)50(43-23-10-8-21-41(43)49)45-28-27-39(52-51(45)44-24-11-12-25-47(44)54-52)36-26-29-46-38(31-36)32-48(53-46)34-16-5-2-6-17-34/h1-32H. The number of para-hydroxylation sites is 1. The Kier molecular flexibility index (Phi) is 6.90. The number of hydrogen-bond donors (Lipinski definition) is 0. The van der Waals surface area contributed by atoms with E-state index in [0.717, 1.165) is 60.9 Å². The Morgan fingerprint density at radius 1 is 0.296 bits per heavy atom. The van der Waals surface area contributed by atoms with E-state index in [0.29, 0.717) is 0 Å². The summed E-state index contributed by atoms with van der Waals surface area (Å²) in [6.45, 7) is 0. The van der Waals surface area contributed by atoms with Crippen molar-refractivity contribution in [2.75, 3.05) is 0 Å². The Morgan fingerprint density at radius 2 is 0.870 bits per heavy atom. The van der Waals surface area contributed by atoms with E-state index in [2.05, 4.69) is 176 Å². The first-order valence-electron chi connectivity index (χ1n) is 18.4. The molecule has 0 N–H and O–H groups in total. The predicted molar refractivity (Wildman–Crippen MR) is 226 cm³/mol. The molecule has 2 heteroatoms. The van der Waals surface area contributed by atoms with E-state index in [4.69, 9.17) is 8.83 Å². The first-order valence-corrected chi connectivity index (χ1v) is 18.4. The fourth-order valence-electron chi connectivity index (χ4n) is 8.43. The number of furan rings is 2. The smallest absolute Gasteiger partial charge is 0.143 e. The summed E-state index contributed by atoms with van der Waals surface area (Å²) in [5, 5.41) is 8.15. The van der Waals surface area contributed by atoms with Gasteiger partial charge in [-0.05, 0) is 96.9 Å². The lowest BCUT2D eigenvalue weighted by Crippen LogP contribution is -1.92. The SMILES string of the molecule is c1ccc(-c2cccc(-c3c4ccccc4c(-c4ccc(-c5ccc6oc(-c7ccccc7)cc6c5)c5oc6ccccc6c45)c4ccccc34)c2)cc1. The third-order valence-corrected chi connectivity index (χ3v) is 10.9. The first kappa shape index (κ1) is 30.5. The van der Waals surface area contributed by atoms with Gasteiger partial charge >= 0.3 is 0 Å². The molecule has 2 heterocycles. The lowest BCUT2D eigenvalue weighted by atomic mass is 9.84. The maximum absolute atomic E-state index is 6.84. The highest BCUT2D eigenvalue weighted by molar-refractivity contribution is 6.26. The quantitative estimate of drug-likeness (QED) is 0.168. The molecule has 11 rings (SSSR count). The lowest BCUT2D eigenvalue weighted by Gasteiger charge is -2.19. The van der Waals surface area contributed by atoms with Gasteiger partial charge in [0, 0.05) is 27.3 Å². The Labute approximate surface area is 312 Å². The summed E-state index contributed by atoms with van der Waals surface area (Å²) in [7, 11) is 0. The van der Waals surface area contributed by atoms with Crippen LogP contribution in [0.2, 0.25) is 0 Å². The van der Waals surface area contributed by atoms with Gasteiger partial charge in [-0.3, -0.25) is 0 Å². The predicted octanol–water partition coefficient (Wildman–Crippen LogP) is 15.0. The minimum Gasteiger partial charge on any atom is -0.456 e. The van der Waals surface area contributed by atoms with E-state index >= 15 is 0 Å². The Bertz CT molecular complexity index is 3140. The second-order valence-electron chi connectivity index (χ2n) is 14.0. The second-order valence-corrected chi connectivity index (χ2v) is 14.0. The van der Waals surface area contributed by atoms with E-state index in [1.807, 2.05) is 18.2 Å². The Morgan fingerprint density at radius 3 is 1.59 bits per heavy atom. The average Bonchev–Trinajstić information content (AvgIpc) is 3.85. The van der Waals surface area contributed by atoms with Crippen molar-refractivity contribution in [2.45, 2.75) is 0 Å². The van der Waals surface area contributed by atoms with Crippen molar-refractivity contribution in [1.82, 2.24) is 0 Å². The van der Waals surface area contributed by atoms with Crippen LogP contribution in [-0.2, 0) is 0 Å². The van der Waals surface area contributed by atoms with Crippen molar-refractivity contribution in [2.24, 2.45) is 0 Å². The largest absolute Gasteiger partial charge is 0.456 e. The third kappa shape index (κ3) is 4.81. The van der Waals surface area contributed by atoms with Crippen molar-refractivity contribution >= 4 is 54.5 Å². The zero-order chi connectivity index (χ0) is 35.6. The normalized spacial score (nSPS) is 11.7. The maximum atomic E-state index is 6.84. The molecule has 2 nitrogen and oxygen atoms in total. The van der Waals surface area contributed by atoms with Crippen LogP contribution in [0.15, 0.2) is 203 Å². The van der Waals surface area contributed by atoms with E-state index in [9.17, 15) is 0 Å². The van der Waals surface area contributed by atoms with Crippen molar-refractivity contribution < 1.29 is 8.83 Å². The van der Waals surface area contributed by atoms with Crippen LogP contribution < -0.4 is 0 Å². The molecule has 0 unspecified atom stereocenters. The van der Waals surface area contributed by atoms with Crippen LogP contribution in [-0.4, -0.2) is 0 Å². The summed E-state index contributed by atoms with van der Waals surface area (Å²) in [6.07, 6.45) is 0. The molecule has 0 fully saturated rings. The number of benzene rings is 9. The molecular weight excluding hydrogens is 657 g/mol. The van der Waals surface area contributed by atoms with Gasteiger partial charge < -0.3 is 8.83 Å². The van der Waals surface area contributed by atoms with Crippen LogP contribution in [0.5, 0.6) is 0 Å². The average molecular weight is 689 g/mol. The van der Waals surface area contributed by atoms with Gasteiger partial charge in [-0.1, -0.05) is 158 Å². The van der Waals surface area contributed by atoms with Gasteiger partial charge in [0.15, 0.2) is 0 Å². The highest BCUT2D eigenvalue weighted by Gasteiger charge is 2.22. The minimum absolute atomic E-state index is 0.862. The molecule has 0 aliphatic heterocycles. The number of fused-ring (bicyclic) bond motifs is 6. The summed E-state index contributed by atoms with van der Waals surface area (Å²) in [4.78, 5) is 0. The third-order valence-electron chi connectivity index (χ3n) is 10.9. The monoisotopic (exact) mass is 688 g/mol. The van der Waals surface area contributed by atoms with Crippen molar-refractivity contribution in [3.8, 4) is 55.8 Å². The fourth-order valence-corrected chi connectivity index (χ4v) is 8.43. The van der Waals surface area contributed by atoms with Crippen LogP contribution in [0, 0.1) is 0 Å². The second kappa shape index (κ2) is 12.2. The molecule has 0 bridgehead atoms. The van der Waals surface area contributed by atoms with E-state index in [1.54, 1.807) is 0 Å². The van der Waals surface area contributed by atoms with Crippen LogP contribution in [0.3, 0.4) is 0 Å². The molecule has 0 spiro atoms. The van der Waals surface area contributed by atoms with Gasteiger partial charge in [0.25, 0.3) is 0 Å². The molecule has 0 radical (unpaired) electrons. The zero-order valence-corrected chi connectivity index (χ0v) is 29.3. The zero-order valence-electron chi connectivity index (χ0n) is 29.3. The summed E-state index contributed by atoms with van der Waals surface area (Å²) in [5.41, 5.74) is 13.1. The van der Waals surface area contributed by atoms with Gasteiger partial charge in [0.1, 0.15) is 22.5 Å². The molecule has 11 aromatic rings. The number of hydrogen-bond acceptors (Lipinski definition) is 2. The first-order chi connectivity index (χ1) is 26.8. The molecule has 54 heavy (non-hydrogen) atoms. The molecule has 9 aromatic carbocycles. The molecule has 0 atom stereocenters. The fraction of sp³-hybridized carbons (Fsp3) is 0. The molecule has 0 amide bonds. The van der Waals surface area contributed by atoms with Gasteiger partial charge in [-0.25, -0.2) is 0 Å². The van der Waals surface area contributed by atoms with Crippen LogP contribution in [0.1, 0.15) is 0 Å². The molecule has 0 saturated carbocycles. The molecule has 252 valence electrons. The van der Waals surface area contributed by atoms with Gasteiger partial charge in [0.05, 0.1) is 0 Å². The minimum atomic E-state index is 0.862.